The lowest BCUT2D eigenvalue weighted by Gasteiger charge is -2.30. The summed E-state index contributed by atoms with van der Waals surface area (Å²) < 4.78 is 10.2. The van der Waals surface area contributed by atoms with Crippen LogP contribution in [0.3, 0.4) is 0 Å². The van der Waals surface area contributed by atoms with Gasteiger partial charge >= 0.3 is 5.97 Å². The average molecular weight is 369 g/mol. The van der Waals surface area contributed by atoms with Crippen LogP contribution in [0, 0.1) is 5.92 Å². The zero-order chi connectivity index (χ0) is 18.4. The number of amides is 2. The summed E-state index contributed by atoms with van der Waals surface area (Å²) in [5.74, 6) is -0.827. The number of rotatable bonds is 6. The van der Waals surface area contributed by atoms with E-state index in [4.69, 9.17) is 26.8 Å². The first-order valence-corrected chi connectivity index (χ1v) is 8.33. The van der Waals surface area contributed by atoms with E-state index in [0.717, 1.165) is 0 Å². The van der Waals surface area contributed by atoms with E-state index < -0.39 is 5.97 Å². The predicted molar refractivity (Wildman–Crippen MR) is 91.2 cm³/mol. The van der Waals surface area contributed by atoms with Crippen molar-refractivity contribution in [2.75, 3.05) is 26.8 Å². The molecule has 136 valence electrons. The summed E-state index contributed by atoms with van der Waals surface area (Å²) in [5.41, 5.74) is 5.86. The molecule has 2 rings (SSSR count). The first-order chi connectivity index (χ1) is 11.9. The van der Waals surface area contributed by atoms with E-state index in [1.165, 1.54) is 7.11 Å². The zero-order valence-electron chi connectivity index (χ0n) is 14.0. The van der Waals surface area contributed by atoms with Crippen molar-refractivity contribution in [3.63, 3.8) is 0 Å². The zero-order valence-corrected chi connectivity index (χ0v) is 14.8. The van der Waals surface area contributed by atoms with Gasteiger partial charge in [-0.25, -0.2) is 0 Å². The Balaban J connectivity index is 1.81. The third-order valence-corrected chi connectivity index (χ3v) is 4.42. The van der Waals surface area contributed by atoms with Gasteiger partial charge < -0.3 is 20.1 Å². The van der Waals surface area contributed by atoms with Crippen LogP contribution in [0.5, 0.6) is 5.75 Å². The Morgan fingerprint density at radius 2 is 1.96 bits per heavy atom. The Bertz CT molecular complexity index is 656. The summed E-state index contributed by atoms with van der Waals surface area (Å²) in [5, 5.41) is 0.483. The van der Waals surface area contributed by atoms with Crippen molar-refractivity contribution >= 4 is 29.4 Å². The van der Waals surface area contributed by atoms with Crippen LogP contribution in [0.2, 0.25) is 5.02 Å². The average Bonchev–Trinajstić information content (AvgIpc) is 2.60. The van der Waals surface area contributed by atoms with Crippen molar-refractivity contribution in [1.29, 1.82) is 0 Å². The van der Waals surface area contributed by atoms with Crippen LogP contribution < -0.4 is 10.5 Å². The number of carbonyl (C=O) groups excluding carboxylic acids is 3. The Hall–Kier alpha value is -2.28. The molecule has 2 amide bonds. The van der Waals surface area contributed by atoms with E-state index in [2.05, 4.69) is 0 Å². The van der Waals surface area contributed by atoms with Gasteiger partial charge in [-0.15, -0.1) is 0 Å². The summed E-state index contributed by atoms with van der Waals surface area (Å²) in [7, 11) is 1.50. The van der Waals surface area contributed by atoms with Gasteiger partial charge in [-0.3, -0.25) is 14.4 Å². The Labute approximate surface area is 151 Å². The van der Waals surface area contributed by atoms with E-state index in [0.29, 0.717) is 42.3 Å². The van der Waals surface area contributed by atoms with Crippen molar-refractivity contribution in [2.24, 2.45) is 11.7 Å². The molecule has 1 aromatic rings. The van der Waals surface area contributed by atoms with Gasteiger partial charge in [0.05, 0.1) is 13.5 Å². The van der Waals surface area contributed by atoms with E-state index in [-0.39, 0.29) is 30.8 Å². The van der Waals surface area contributed by atoms with Crippen LogP contribution in [0.1, 0.15) is 18.4 Å². The Kier molecular flexibility index (Phi) is 6.64. The molecule has 1 heterocycles. The molecule has 0 bridgehead atoms. The maximum Gasteiger partial charge on any atom is 0.310 e. The van der Waals surface area contributed by atoms with Gasteiger partial charge in [-0.05, 0) is 31.0 Å². The fourth-order valence-corrected chi connectivity index (χ4v) is 2.93. The van der Waals surface area contributed by atoms with Crippen molar-refractivity contribution in [2.45, 2.75) is 19.3 Å². The standard InChI is InChI=1S/C17H21ClN2O5/c1-24-14-3-2-13(18)8-12(14)9-16(22)25-10-15(21)20-6-4-11(5-7-20)17(19)23/h2-3,8,11H,4-7,9-10H2,1H3,(H2,19,23). The fraction of sp³-hybridized carbons (Fsp3) is 0.471. The molecule has 0 radical (unpaired) electrons. The maximum atomic E-state index is 12.1. The molecule has 0 aliphatic carbocycles. The first-order valence-electron chi connectivity index (χ1n) is 7.96. The molecule has 0 spiro atoms. The molecule has 7 nitrogen and oxygen atoms in total. The van der Waals surface area contributed by atoms with Gasteiger partial charge in [0.2, 0.25) is 5.91 Å². The second-order valence-corrected chi connectivity index (χ2v) is 6.29. The number of piperidine rings is 1. The molecule has 2 N–H and O–H groups in total. The number of likely N-dealkylation sites (tertiary alicyclic amines) is 1. The summed E-state index contributed by atoms with van der Waals surface area (Å²) in [4.78, 5) is 36.8. The van der Waals surface area contributed by atoms with Crippen LogP contribution in [0.15, 0.2) is 18.2 Å². The second-order valence-electron chi connectivity index (χ2n) is 5.85. The molecule has 1 saturated heterocycles. The number of halogens is 1. The molecule has 0 unspecified atom stereocenters. The molecular weight excluding hydrogens is 348 g/mol. The number of hydrogen-bond donors (Lipinski definition) is 1. The molecule has 0 saturated carbocycles. The molecule has 0 atom stereocenters. The van der Waals surface area contributed by atoms with Gasteiger partial charge in [0.25, 0.3) is 5.91 Å². The number of ether oxygens (including phenoxy) is 2. The molecule has 1 fully saturated rings. The summed E-state index contributed by atoms with van der Waals surface area (Å²) in [6.07, 6.45) is 1.03. The second kappa shape index (κ2) is 8.71. The number of methoxy groups -OCH3 is 1. The van der Waals surface area contributed by atoms with Crippen molar-refractivity contribution in [1.82, 2.24) is 4.90 Å². The van der Waals surface area contributed by atoms with Crippen LogP contribution in [-0.4, -0.2) is 49.5 Å². The van der Waals surface area contributed by atoms with Crippen molar-refractivity contribution < 1.29 is 23.9 Å². The Morgan fingerprint density at radius 3 is 2.56 bits per heavy atom. The highest BCUT2D eigenvalue weighted by atomic mass is 35.5. The largest absolute Gasteiger partial charge is 0.496 e. The Morgan fingerprint density at radius 1 is 1.28 bits per heavy atom. The molecule has 0 aromatic heterocycles. The summed E-state index contributed by atoms with van der Waals surface area (Å²) >= 11 is 5.92. The quantitative estimate of drug-likeness (QED) is 0.759. The third kappa shape index (κ3) is 5.35. The van der Waals surface area contributed by atoms with Gasteiger partial charge in [0.1, 0.15) is 5.75 Å². The monoisotopic (exact) mass is 368 g/mol. The lowest BCUT2D eigenvalue weighted by atomic mass is 9.96. The van der Waals surface area contributed by atoms with Gasteiger partial charge in [-0.2, -0.15) is 0 Å². The van der Waals surface area contributed by atoms with Gasteiger partial charge in [0, 0.05) is 29.6 Å². The van der Waals surface area contributed by atoms with Crippen LogP contribution in [0.25, 0.3) is 0 Å². The van der Waals surface area contributed by atoms with Gasteiger partial charge in [0.15, 0.2) is 6.61 Å². The lowest BCUT2D eigenvalue weighted by Crippen LogP contribution is -2.43. The molecule has 25 heavy (non-hydrogen) atoms. The molecule has 1 aliphatic rings. The summed E-state index contributed by atoms with van der Waals surface area (Å²) in [6.45, 7) is 0.543. The minimum atomic E-state index is -0.541. The smallest absolute Gasteiger partial charge is 0.310 e. The number of hydrogen-bond acceptors (Lipinski definition) is 5. The number of carbonyl (C=O) groups is 3. The highest BCUT2D eigenvalue weighted by Gasteiger charge is 2.26. The number of nitrogens with zero attached hydrogens (tertiary/aromatic N) is 1. The molecular formula is C17H21ClN2O5. The van der Waals surface area contributed by atoms with E-state index in [1.54, 1.807) is 23.1 Å². The van der Waals surface area contributed by atoms with Crippen LogP contribution in [0.4, 0.5) is 0 Å². The maximum absolute atomic E-state index is 12.1. The number of esters is 1. The highest BCUT2D eigenvalue weighted by molar-refractivity contribution is 6.30. The highest BCUT2D eigenvalue weighted by Crippen LogP contribution is 2.23. The number of benzene rings is 1. The van der Waals surface area contributed by atoms with Crippen LogP contribution >= 0.6 is 11.6 Å². The minimum absolute atomic E-state index is 0.0409. The van der Waals surface area contributed by atoms with Gasteiger partial charge in [-0.1, -0.05) is 11.6 Å². The number of primary amides is 1. The van der Waals surface area contributed by atoms with Crippen LogP contribution in [-0.2, 0) is 25.5 Å². The molecule has 8 heteroatoms. The predicted octanol–water partition coefficient (Wildman–Crippen LogP) is 1.16. The first kappa shape index (κ1) is 19.1. The third-order valence-electron chi connectivity index (χ3n) is 4.18. The van der Waals surface area contributed by atoms with E-state index >= 15 is 0 Å². The molecule has 1 aromatic carbocycles. The molecule has 1 aliphatic heterocycles. The van der Waals surface area contributed by atoms with E-state index in [9.17, 15) is 14.4 Å². The SMILES string of the molecule is COc1ccc(Cl)cc1CC(=O)OCC(=O)N1CCC(C(N)=O)CC1. The lowest BCUT2D eigenvalue weighted by molar-refractivity contribution is -0.152. The topological polar surface area (TPSA) is 98.9 Å². The van der Waals surface area contributed by atoms with E-state index in [1.807, 2.05) is 0 Å². The normalized spacial score (nSPS) is 14.9. The van der Waals surface area contributed by atoms with Crippen molar-refractivity contribution in [3.05, 3.63) is 28.8 Å². The summed E-state index contributed by atoms with van der Waals surface area (Å²) in [6, 6.07) is 4.95. The fourth-order valence-electron chi connectivity index (χ4n) is 2.74. The van der Waals surface area contributed by atoms with Crippen molar-refractivity contribution in [3.8, 4) is 5.75 Å². The minimum Gasteiger partial charge on any atom is -0.496 e. The number of nitrogens with two attached hydrogens (primary N) is 1.